The third-order valence-electron chi connectivity index (χ3n) is 5.03. The molecule has 3 rings (SSSR count). The van der Waals surface area contributed by atoms with Crippen LogP contribution in [0.2, 0.25) is 0 Å². The zero-order chi connectivity index (χ0) is 13.6. The number of hydrogen-bond acceptors (Lipinski definition) is 3. The summed E-state index contributed by atoms with van der Waals surface area (Å²) in [6.07, 6.45) is 4.21. The lowest BCUT2D eigenvalue weighted by Crippen LogP contribution is -2.47. The lowest BCUT2D eigenvalue weighted by atomic mass is 9.80. The minimum Gasteiger partial charge on any atom is -0.385 e. The summed E-state index contributed by atoms with van der Waals surface area (Å²) in [6, 6.07) is 9.47. The van der Waals surface area contributed by atoms with Crippen molar-refractivity contribution in [3.8, 4) is 0 Å². The summed E-state index contributed by atoms with van der Waals surface area (Å²) in [5, 5.41) is 11.1. The van der Waals surface area contributed by atoms with Gasteiger partial charge < -0.3 is 14.9 Å². The summed E-state index contributed by atoms with van der Waals surface area (Å²) in [7, 11) is 6.29. The van der Waals surface area contributed by atoms with E-state index in [2.05, 4.69) is 41.1 Å². The zero-order valence-electron chi connectivity index (χ0n) is 12.1. The molecular weight excluding hydrogens is 236 g/mol. The highest BCUT2D eigenvalue weighted by Crippen LogP contribution is 2.45. The number of fused-ring (bicyclic) bond motifs is 2. The molecular formula is C16H24N2O. The molecule has 2 fully saturated rings. The van der Waals surface area contributed by atoms with Gasteiger partial charge in [-0.3, -0.25) is 0 Å². The van der Waals surface area contributed by atoms with Crippen molar-refractivity contribution >= 4 is 5.69 Å². The second kappa shape index (κ2) is 4.50. The van der Waals surface area contributed by atoms with Gasteiger partial charge in [0.05, 0.1) is 5.60 Å². The van der Waals surface area contributed by atoms with Gasteiger partial charge in [0.15, 0.2) is 0 Å². The molecule has 1 aromatic rings. The van der Waals surface area contributed by atoms with E-state index in [-0.39, 0.29) is 0 Å². The van der Waals surface area contributed by atoms with Crippen LogP contribution in [0.4, 0.5) is 5.69 Å². The minimum absolute atomic E-state index is 0.548. The van der Waals surface area contributed by atoms with E-state index in [4.69, 9.17) is 0 Å². The first-order chi connectivity index (χ1) is 8.99. The molecule has 0 spiro atoms. The summed E-state index contributed by atoms with van der Waals surface area (Å²) < 4.78 is 0. The molecule has 3 nitrogen and oxygen atoms in total. The molecule has 0 aromatic heterocycles. The fraction of sp³-hybridized carbons (Fsp3) is 0.625. The normalized spacial score (nSPS) is 34.5. The Bertz CT molecular complexity index is 458. The fourth-order valence-electron chi connectivity index (χ4n) is 3.75. The van der Waals surface area contributed by atoms with Crippen molar-refractivity contribution in [3.63, 3.8) is 0 Å². The molecule has 2 saturated heterocycles. The minimum atomic E-state index is -0.635. The van der Waals surface area contributed by atoms with Crippen molar-refractivity contribution in [1.29, 1.82) is 0 Å². The van der Waals surface area contributed by atoms with Crippen molar-refractivity contribution < 1.29 is 5.11 Å². The lowest BCUT2D eigenvalue weighted by Gasteiger charge is -2.42. The average Bonchev–Trinajstić information content (AvgIpc) is 2.63. The molecule has 2 aliphatic rings. The van der Waals surface area contributed by atoms with Crippen molar-refractivity contribution in [1.82, 2.24) is 4.90 Å². The molecule has 1 N–H and O–H groups in total. The molecule has 2 bridgehead atoms. The highest BCUT2D eigenvalue weighted by Gasteiger charge is 2.46. The first-order valence-corrected chi connectivity index (χ1v) is 7.22. The maximum absolute atomic E-state index is 11.1. The number of aliphatic hydroxyl groups is 1. The highest BCUT2D eigenvalue weighted by molar-refractivity contribution is 5.48. The molecule has 2 atom stereocenters. The molecule has 2 aliphatic heterocycles. The van der Waals surface area contributed by atoms with Gasteiger partial charge in [-0.25, -0.2) is 0 Å². The molecule has 0 saturated carbocycles. The van der Waals surface area contributed by atoms with Crippen LogP contribution in [0, 0.1) is 0 Å². The van der Waals surface area contributed by atoms with E-state index < -0.39 is 5.60 Å². The predicted octanol–water partition coefficient (Wildman–Crippen LogP) is 2.20. The van der Waals surface area contributed by atoms with Crippen LogP contribution >= 0.6 is 0 Å². The quantitative estimate of drug-likeness (QED) is 0.883. The largest absolute Gasteiger partial charge is 0.385 e. The topological polar surface area (TPSA) is 26.7 Å². The Morgan fingerprint density at radius 3 is 2.42 bits per heavy atom. The van der Waals surface area contributed by atoms with E-state index in [1.165, 1.54) is 12.8 Å². The Morgan fingerprint density at radius 1 is 1.21 bits per heavy atom. The van der Waals surface area contributed by atoms with Crippen LogP contribution in [0.3, 0.4) is 0 Å². The monoisotopic (exact) mass is 260 g/mol. The summed E-state index contributed by atoms with van der Waals surface area (Å²) in [4.78, 5) is 4.56. The number of piperidine rings is 1. The fourth-order valence-corrected chi connectivity index (χ4v) is 3.75. The molecule has 2 unspecified atom stereocenters. The lowest BCUT2D eigenvalue weighted by molar-refractivity contribution is -0.0492. The first-order valence-electron chi connectivity index (χ1n) is 7.22. The Balaban J connectivity index is 1.91. The Kier molecular flexibility index (Phi) is 3.06. The summed E-state index contributed by atoms with van der Waals surface area (Å²) in [5.74, 6) is 0. The Hall–Kier alpha value is -1.06. The van der Waals surface area contributed by atoms with Gasteiger partial charge in [0, 0.05) is 31.9 Å². The number of benzene rings is 1. The zero-order valence-corrected chi connectivity index (χ0v) is 12.1. The van der Waals surface area contributed by atoms with Crippen molar-refractivity contribution in [2.45, 2.75) is 43.4 Å². The number of nitrogens with zero attached hydrogens (tertiary/aromatic N) is 2. The first kappa shape index (κ1) is 12.9. The molecule has 1 aromatic carbocycles. The Labute approximate surface area is 115 Å². The van der Waals surface area contributed by atoms with Gasteiger partial charge in [0.2, 0.25) is 0 Å². The second-order valence-electron chi connectivity index (χ2n) is 6.44. The van der Waals surface area contributed by atoms with Crippen LogP contribution < -0.4 is 4.90 Å². The van der Waals surface area contributed by atoms with Gasteiger partial charge in [-0.15, -0.1) is 0 Å². The van der Waals surface area contributed by atoms with Gasteiger partial charge in [0.1, 0.15) is 0 Å². The number of anilines is 1. The van der Waals surface area contributed by atoms with Crippen LogP contribution in [0.5, 0.6) is 0 Å². The van der Waals surface area contributed by atoms with Crippen LogP contribution in [-0.4, -0.2) is 43.2 Å². The van der Waals surface area contributed by atoms with E-state index in [1.807, 2.05) is 14.1 Å². The molecule has 19 heavy (non-hydrogen) atoms. The van der Waals surface area contributed by atoms with Crippen LogP contribution in [0.1, 0.15) is 31.2 Å². The standard InChI is InChI=1S/C16H24N2O/c1-17(2)13-6-4-5-12(9-13)16(19)10-14-7-8-15(11-16)18(14)3/h4-6,9,14-15,19H,7-8,10-11H2,1-3H3. The smallest absolute Gasteiger partial charge is 0.0927 e. The van der Waals surface area contributed by atoms with E-state index in [1.54, 1.807) is 0 Å². The molecule has 2 heterocycles. The van der Waals surface area contributed by atoms with Gasteiger partial charge in [0.25, 0.3) is 0 Å². The predicted molar refractivity (Wildman–Crippen MR) is 78.5 cm³/mol. The third kappa shape index (κ3) is 2.15. The maximum atomic E-state index is 11.1. The van der Waals surface area contributed by atoms with Gasteiger partial charge in [-0.05, 0) is 50.4 Å². The molecule has 3 heteroatoms. The van der Waals surface area contributed by atoms with Gasteiger partial charge in [-0.1, -0.05) is 12.1 Å². The van der Waals surface area contributed by atoms with E-state index >= 15 is 0 Å². The SMILES string of the molecule is CN(C)c1cccc(C2(O)CC3CCC(C2)N3C)c1. The summed E-state index contributed by atoms with van der Waals surface area (Å²) in [6.45, 7) is 0. The van der Waals surface area contributed by atoms with Gasteiger partial charge >= 0.3 is 0 Å². The van der Waals surface area contributed by atoms with Crippen molar-refractivity contribution in [3.05, 3.63) is 29.8 Å². The molecule has 0 aliphatic carbocycles. The maximum Gasteiger partial charge on any atom is 0.0927 e. The Morgan fingerprint density at radius 2 is 1.84 bits per heavy atom. The van der Waals surface area contributed by atoms with E-state index in [0.29, 0.717) is 12.1 Å². The van der Waals surface area contributed by atoms with Crippen molar-refractivity contribution in [2.75, 3.05) is 26.0 Å². The molecule has 0 radical (unpaired) electrons. The number of rotatable bonds is 2. The second-order valence-corrected chi connectivity index (χ2v) is 6.44. The van der Waals surface area contributed by atoms with Crippen LogP contribution in [-0.2, 0) is 5.60 Å². The van der Waals surface area contributed by atoms with Crippen molar-refractivity contribution in [2.24, 2.45) is 0 Å². The summed E-state index contributed by atoms with van der Waals surface area (Å²) in [5.41, 5.74) is 1.62. The van der Waals surface area contributed by atoms with E-state index in [0.717, 1.165) is 24.1 Å². The average molecular weight is 260 g/mol. The van der Waals surface area contributed by atoms with E-state index in [9.17, 15) is 5.11 Å². The summed E-state index contributed by atoms with van der Waals surface area (Å²) >= 11 is 0. The van der Waals surface area contributed by atoms with Crippen LogP contribution in [0.25, 0.3) is 0 Å². The molecule has 0 amide bonds. The van der Waals surface area contributed by atoms with Gasteiger partial charge in [-0.2, -0.15) is 0 Å². The third-order valence-corrected chi connectivity index (χ3v) is 5.03. The molecule has 104 valence electrons. The van der Waals surface area contributed by atoms with Crippen LogP contribution in [0.15, 0.2) is 24.3 Å². The highest BCUT2D eigenvalue weighted by atomic mass is 16.3. The number of hydrogen-bond donors (Lipinski definition) is 1.